The van der Waals surface area contributed by atoms with Gasteiger partial charge in [0.05, 0.1) is 30.1 Å². The van der Waals surface area contributed by atoms with Crippen LogP contribution in [0.4, 0.5) is 4.79 Å². The van der Waals surface area contributed by atoms with Crippen LogP contribution >= 0.6 is 0 Å². The van der Waals surface area contributed by atoms with Crippen molar-refractivity contribution in [2.75, 3.05) is 33.3 Å². The van der Waals surface area contributed by atoms with E-state index < -0.39 is 0 Å². The van der Waals surface area contributed by atoms with Crippen molar-refractivity contribution in [3.05, 3.63) is 76.2 Å². The number of aromatic nitrogens is 2. The Morgan fingerprint density at radius 1 is 1.08 bits per heavy atom. The first kappa shape index (κ1) is 25.5. The highest BCUT2D eigenvalue weighted by Crippen LogP contribution is 2.37. The van der Waals surface area contributed by atoms with E-state index in [0.717, 1.165) is 46.7 Å². The van der Waals surface area contributed by atoms with E-state index in [9.17, 15) is 9.59 Å². The number of benzene rings is 2. The van der Waals surface area contributed by atoms with Gasteiger partial charge in [0, 0.05) is 48.6 Å². The molecule has 38 heavy (non-hydrogen) atoms. The predicted octanol–water partition coefficient (Wildman–Crippen LogP) is 4.92. The van der Waals surface area contributed by atoms with Crippen molar-refractivity contribution < 1.29 is 14.3 Å². The highest BCUT2D eigenvalue weighted by atomic mass is 16.5. The number of amides is 2. The predicted molar refractivity (Wildman–Crippen MR) is 144 cm³/mol. The summed E-state index contributed by atoms with van der Waals surface area (Å²) in [6, 6.07) is 15.6. The Balaban J connectivity index is 1.31. The average Bonchev–Trinajstić information content (AvgIpc) is 3.30. The minimum atomic E-state index is -0.286. The summed E-state index contributed by atoms with van der Waals surface area (Å²) in [5, 5.41) is 9.01. The number of aryl methyl sites for hydroxylation is 2. The molecule has 8 nitrogen and oxygen atoms in total. The lowest BCUT2D eigenvalue weighted by Crippen LogP contribution is -2.48. The molecular formula is C30H33N5O3. The van der Waals surface area contributed by atoms with E-state index in [-0.39, 0.29) is 17.4 Å². The van der Waals surface area contributed by atoms with E-state index in [1.165, 1.54) is 7.11 Å². The highest BCUT2D eigenvalue weighted by molar-refractivity contribution is 5.96. The number of ether oxygens (including phenoxy) is 1. The molecule has 3 heterocycles. The Morgan fingerprint density at radius 3 is 2.39 bits per heavy atom. The van der Waals surface area contributed by atoms with E-state index in [1.54, 1.807) is 4.90 Å². The van der Waals surface area contributed by atoms with Gasteiger partial charge in [0.25, 0.3) is 5.91 Å². The number of likely N-dealkylation sites (tertiary alicyclic amines) is 2. The van der Waals surface area contributed by atoms with Crippen molar-refractivity contribution in [2.45, 2.75) is 44.9 Å². The number of hydrogen-bond donors (Lipinski definition) is 1. The fourth-order valence-electron chi connectivity index (χ4n) is 5.45. The summed E-state index contributed by atoms with van der Waals surface area (Å²) in [6.07, 6.45) is 1.30. The molecule has 2 saturated heterocycles. The molecule has 8 heteroatoms. The summed E-state index contributed by atoms with van der Waals surface area (Å²) >= 11 is 0. The van der Waals surface area contributed by atoms with Crippen molar-refractivity contribution in [3.8, 4) is 17.3 Å². The molecule has 5 rings (SSSR count). The third kappa shape index (κ3) is 4.65. The van der Waals surface area contributed by atoms with Crippen LogP contribution in [0.25, 0.3) is 11.3 Å². The van der Waals surface area contributed by atoms with Crippen LogP contribution in [-0.2, 0) is 10.2 Å². The smallest absolute Gasteiger partial charge is 0.409 e. The Morgan fingerprint density at radius 2 is 1.76 bits per heavy atom. The average molecular weight is 512 g/mol. The molecule has 2 aliphatic rings. The number of carbonyl (C=O) groups excluding carboxylic acids is 2. The summed E-state index contributed by atoms with van der Waals surface area (Å²) in [5.41, 5.74) is 6.17. The number of rotatable bonds is 4. The number of hydrogen-bond acceptors (Lipinski definition) is 5. The van der Waals surface area contributed by atoms with Crippen LogP contribution in [-0.4, -0.2) is 65.1 Å². The topological polar surface area (TPSA) is 102 Å². The van der Waals surface area contributed by atoms with Crippen LogP contribution in [0, 0.1) is 25.2 Å². The molecule has 1 N–H and O–H groups in total. The van der Waals surface area contributed by atoms with Gasteiger partial charge in [0.2, 0.25) is 0 Å². The lowest BCUT2D eigenvalue weighted by molar-refractivity contribution is 0.0602. The molecule has 0 unspecified atom stereocenters. The zero-order valence-corrected chi connectivity index (χ0v) is 22.4. The van der Waals surface area contributed by atoms with E-state index in [2.05, 4.69) is 18.0 Å². The first-order valence-corrected chi connectivity index (χ1v) is 13.0. The van der Waals surface area contributed by atoms with Crippen LogP contribution in [0.15, 0.2) is 42.5 Å². The second-order valence-electron chi connectivity index (χ2n) is 10.7. The van der Waals surface area contributed by atoms with Crippen molar-refractivity contribution in [2.24, 2.45) is 0 Å². The second-order valence-corrected chi connectivity index (χ2v) is 10.7. The van der Waals surface area contributed by atoms with Gasteiger partial charge in [-0.3, -0.25) is 4.79 Å². The molecule has 2 aliphatic heterocycles. The largest absolute Gasteiger partial charge is 0.453 e. The third-order valence-corrected chi connectivity index (χ3v) is 8.19. The van der Waals surface area contributed by atoms with Crippen LogP contribution in [0.5, 0.6) is 0 Å². The van der Waals surface area contributed by atoms with Gasteiger partial charge in [-0.15, -0.1) is 0 Å². The quantitative estimate of drug-likeness (QED) is 0.535. The van der Waals surface area contributed by atoms with E-state index in [1.807, 2.05) is 61.2 Å². The summed E-state index contributed by atoms with van der Waals surface area (Å²) in [5.74, 6) is 1.23. The van der Waals surface area contributed by atoms with Crippen LogP contribution in [0.1, 0.15) is 64.2 Å². The van der Waals surface area contributed by atoms with E-state index in [0.29, 0.717) is 43.2 Å². The number of nitriles is 1. The number of imidazole rings is 1. The lowest BCUT2D eigenvalue weighted by atomic mass is 9.80. The van der Waals surface area contributed by atoms with Gasteiger partial charge in [-0.05, 0) is 62.1 Å². The van der Waals surface area contributed by atoms with E-state index >= 15 is 0 Å². The Labute approximate surface area is 223 Å². The van der Waals surface area contributed by atoms with Crippen molar-refractivity contribution in [3.63, 3.8) is 0 Å². The third-order valence-electron chi connectivity index (χ3n) is 8.19. The number of H-pyrrole nitrogens is 1. The van der Waals surface area contributed by atoms with Gasteiger partial charge < -0.3 is 19.5 Å². The summed E-state index contributed by atoms with van der Waals surface area (Å²) < 4.78 is 4.88. The summed E-state index contributed by atoms with van der Waals surface area (Å²) in [4.78, 5) is 37.3. The molecule has 2 aromatic carbocycles. The molecule has 2 amide bonds. The van der Waals surface area contributed by atoms with Gasteiger partial charge in [0.15, 0.2) is 0 Å². The summed E-state index contributed by atoms with van der Waals surface area (Å²) in [7, 11) is 1.41. The fraction of sp³-hybridized carbons (Fsp3) is 0.400. The van der Waals surface area contributed by atoms with Gasteiger partial charge in [-0.1, -0.05) is 25.1 Å². The monoisotopic (exact) mass is 511 g/mol. The Hall–Kier alpha value is -4.12. The van der Waals surface area contributed by atoms with Gasteiger partial charge in [0.1, 0.15) is 5.82 Å². The molecule has 0 saturated carbocycles. The van der Waals surface area contributed by atoms with Gasteiger partial charge in [-0.2, -0.15) is 5.26 Å². The fourth-order valence-corrected chi connectivity index (χ4v) is 5.45. The zero-order valence-electron chi connectivity index (χ0n) is 22.4. The molecule has 0 bridgehead atoms. The summed E-state index contributed by atoms with van der Waals surface area (Å²) in [6.45, 7) is 8.81. The first-order chi connectivity index (χ1) is 18.2. The lowest BCUT2D eigenvalue weighted by Gasteiger charge is -2.39. The van der Waals surface area contributed by atoms with Crippen molar-refractivity contribution in [1.82, 2.24) is 19.8 Å². The molecule has 0 radical (unpaired) electrons. The molecular weight excluding hydrogens is 478 g/mol. The molecule has 3 aromatic rings. The van der Waals surface area contributed by atoms with Crippen molar-refractivity contribution in [1.29, 1.82) is 5.26 Å². The van der Waals surface area contributed by atoms with Gasteiger partial charge >= 0.3 is 6.09 Å². The molecule has 0 spiro atoms. The number of nitrogens with one attached hydrogen (secondary N) is 1. The Kier molecular flexibility index (Phi) is 6.70. The number of aromatic amines is 1. The van der Waals surface area contributed by atoms with Crippen LogP contribution in [0.2, 0.25) is 0 Å². The first-order valence-electron chi connectivity index (χ1n) is 13.0. The molecule has 196 valence electrons. The molecule has 1 aromatic heterocycles. The van der Waals surface area contributed by atoms with Crippen LogP contribution in [0.3, 0.4) is 0 Å². The zero-order chi connectivity index (χ0) is 27.0. The maximum atomic E-state index is 13.3. The SMILES string of the molecule is COC(=O)N1CCC(C)(c2nc(C)c(-c3cc(C(=O)N4CC(c5ccc(C#N)cc5)C4)ccc3C)[nH]2)CC1. The minimum absolute atomic E-state index is 0.0238. The maximum Gasteiger partial charge on any atom is 0.409 e. The second kappa shape index (κ2) is 9.97. The highest BCUT2D eigenvalue weighted by Gasteiger charge is 2.37. The van der Waals surface area contributed by atoms with Crippen molar-refractivity contribution >= 4 is 12.0 Å². The molecule has 0 atom stereocenters. The number of methoxy groups -OCH3 is 1. The maximum absolute atomic E-state index is 13.3. The normalized spacial score (nSPS) is 17.0. The molecule has 0 aliphatic carbocycles. The van der Waals surface area contributed by atoms with Gasteiger partial charge in [-0.25, -0.2) is 9.78 Å². The number of carbonyl (C=O) groups is 2. The van der Waals surface area contributed by atoms with Crippen LogP contribution < -0.4 is 0 Å². The number of piperidine rings is 1. The van der Waals surface area contributed by atoms with E-state index in [4.69, 9.17) is 15.0 Å². The Bertz CT molecular complexity index is 1400. The minimum Gasteiger partial charge on any atom is -0.453 e. The molecule has 2 fully saturated rings. The standard InChI is InChI=1S/C30H33N5O3/c1-19-5-8-23(27(36)35-17-24(18-35)22-9-6-21(16-31)7-10-22)15-25(19)26-20(2)32-28(33-26)30(3)11-13-34(14-12-30)29(37)38-4/h5-10,15,24H,11-14,17-18H2,1-4H3,(H,32,33). The number of nitrogens with zero attached hydrogens (tertiary/aromatic N) is 4.